The van der Waals surface area contributed by atoms with Crippen LogP contribution in [0.2, 0.25) is 5.02 Å². The maximum absolute atomic E-state index is 12.0. The minimum atomic E-state index is -0.946. The van der Waals surface area contributed by atoms with Gasteiger partial charge in [0, 0.05) is 34.9 Å². The summed E-state index contributed by atoms with van der Waals surface area (Å²) in [6.07, 6.45) is 4.23. The van der Waals surface area contributed by atoms with Crippen LogP contribution in [0.1, 0.15) is 5.56 Å². The van der Waals surface area contributed by atoms with Crippen LogP contribution in [0.4, 0.5) is 0 Å². The van der Waals surface area contributed by atoms with E-state index in [9.17, 15) is 14.4 Å². The third kappa shape index (κ3) is 3.33. The third-order valence-corrected chi connectivity index (χ3v) is 4.31. The number of nitrogens with one attached hydrogen (secondary N) is 1. The van der Waals surface area contributed by atoms with Crippen molar-refractivity contribution in [2.24, 2.45) is 0 Å². The van der Waals surface area contributed by atoms with Gasteiger partial charge in [-0.1, -0.05) is 17.7 Å². The number of hydrogen-bond acceptors (Lipinski definition) is 7. The number of carbonyl (C=O) groups is 3. The first-order valence-corrected chi connectivity index (χ1v) is 8.52. The highest BCUT2D eigenvalue weighted by Gasteiger charge is 2.24. The van der Waals surface area contributed by atoms with E-state index in [2.05, 4.69) is 10.4 Å². The van der Waals surface area contributed by atoms with E-state index in [1.54, 1.807) is 18.3 Å². The normalized spacial score (nSPS) is 15.5. The van der Waals surface area contributed by atoms with E-state index >= 15 is 0 Å². The van der Waals surface area contributed by atoms with Crippen molar-refractivity contribution in [1.82, 2.24) is 9.66 Å². The van der Waals surface area contributed by atoms with Crippen molar-refractivity contribution in [1.29, 1.82) is 0 Å². The molecule has 0 bridgehead atoms. The number of ether oxygens (including phenoxy) is 2. The van der Waals surface area contributed by atoms with Crippen LogP contribution < -0.4 is 14.9 Å². The van der Waals surface area contributed by atoms with Crippen LogP contribution in [0.3, 0.4) is 0 Å². The number of fused-ring (bicyclic) bond motifs is 2. The number of aromatic nitrogens is 2. The molecule has 0 saturated carbocycles. The Morgan fingerprint density at radius 3 is 2.86 bits per heavy atom. The highest BCUT2D eigenvalue weighted by molar-refractivity contribution is 6.31. The lowest BCUT2D eigenvalue weighted by atomic mass is 10.1. The predicted molar refractivity (Wildman–Crippen MR) is 99.7 cm³/mol. The maximum atomic E-state index is 12.0. The molecule has 0 spiro atoms. The van der Waals surface area contributed by atoms with E-state index in [-0.39, 0.29) is 17.9 Å². The molecule has 4 rings (SSSR count). The molecule has 3 heterocycles. The number of carbonyl (C=O) groups excluding carboxylic acids is 3. The minimum Gasteiger partial charge on any atom is -0.417 e. The highest BCUT2D eigenvalue weighted by atomic mass is 35.5. The number of pyridine rings is 1. The van der Waals surface area contributed by atoms with Crippen molar-refractivity contribution >= 4 is 40.7 Å². The Labute approximate surface area is 163 Å². The standard InChI is InChI=1S/C19H12ClN3O5/c20-13-1-2-14-11(3-5-21-15(14)8-13)9-22-23-6-4-16-18(23)28-19(26)12(10-24)7-17(25)27-16/h1-8,10,22H,9H2/b12-7-. The molecule has 0 saturated heterocycles. The van der Waals surface area contributed by atoms with Crippen molar-refractivity contribution in [3.8, 4) is 11.6 Å². The Hall–Kier alpha value is -3.65. The van der Waals surface area contributed by atoms with Gasteiger partial charge in [-0.2, -0.15) is 0 Å². The average molecular weight is 398 g/mol. The molecule has 9 heteroatoms. The summed E-state index contributed by atoms with van der Waals surface area (Å²) in [6, 6.07) is 8.72. The molecule has 28 heavy (non-hydrogen) atoms. The van der Waals surface area contributed by atoms with Crippen LogP contribution in [-0.4, -0.2) is 27.9 Å². The summed E-state index contributed by atoms with van der Waals surface area (Å²) in [6.45, 7) is 0.351. The maximum Gasteiger partial charge on any atom is 0.348 e. The van der Waals surface area contributed by atoms with Gasteiger partial charge in [0.1, 0.15) is 5.57 Å². The summed E-state index contributed by atoms with van der Waals surface area (Å²) < 4.78 is 11.7. The molecular weight excluding hydrogens is 386 g/mol. The Morgan fingerprint density at radius 1 is 1.18 bits per heavy atom. The number of rotatable bonds is 4. The van der Waals surface area contributed by atoms with Crippen molar-refractivity contribution in [2.75, 3.05) is 5.43 Å². The SMILES string of the molecule is O=C/C1=C/C(=O)Oc2ccn(NCc3ccnc4cc(Cl)ccc34)c2OC1=O. The highest BCUT2D eigenvalue weighted by Crippen LogP contribution is 2.30. The van der Waals surface area contributed by atoms with Gasteiger partial charge in [0.05, 0.1) is 12.1 Å². The first-order valence-electron chi connectivity index (χ1n) is 8.14. The van der Waals surface area contributed by atoms with E-state index in [1.165, 1.54) is 16.9 Å². The molecule has 0 amide bonds. The zero-order chi connectivity index (χ0) is 19.7. The van der Waals surface area contributed by atoms with Crippen LogP contribution in [0.5, 0.6) is 11.6 Å². The fraction of sp³-hybridized carbons (Fsp3) is 0.0526. The molecule has 0 atom stereocenters. The van der Waals surface area contributed by atoms with Crippen LogP contribution in [0.15, 0.2) is 54.4 Å². The molecule has 2 aromatic heterocycles. The van der Waals surface area contributed by atoms with Crippen LogP contribution in [-0.2, 0) is 20.9 Å². The summed E-state index contributed by atoms with van der Waals surface area (Å²) in [4.78, 5) is 39.1. The van der Waals surface area contributed by atoms with Gasteiger partial charge in [-0.05, 0) is 23.8 Å². The fourth-order valence-corrected chi connectivity index (χ4v) is 2.93. The Morgan fingerprint density at radius 2 is 2.04 bits per heavy atom. The number of esters is 2. The van der Waals surface area contributed by atoms with E-state index in [0.717, 1.165) is 22.5 Å². The smallest absolute Gasteiger partial charge is 0.348 e. The number of halogens is 1. The molecule has 8 nitrogen and oxygen atoms in total. The van der Waals surface area contributed by atoms with Gasteiger partial charge < -0.3 is 14.9 Å². The topological polar surface area (TPSA) is 99.5 Å². The fourth-order valence-electron chi connectivity index (χ4n) is 2.76. The zero-order valence-corrected chi connectivity index (χ0v) is 15.0. The van der Waals surface area contributed by atoms with Gasteiger partial charge in [0.25, 0.3) is 5.88 Å². The summed E-state index contributed by atoms with van der Waals surface area (Å²) in [7, 11) is 0. The third-order valence-electron chi connectivity index (χ3n) is 4.08. The molecule has 1 aliphatic rings. The Kier molecular flexibility index (Phi) is 4.54. The van der Waals surface area contributed by atoms with Crippen LogP contribution in [0.25, 0.3) is 10.9 Å². The second-order valence-electron chi connectivity index (χ2n) is 5.85. The van der Waals surface area contributed by atoms with Crippen LogP contribution in [0, 0.1) is 0 Å². The lowest BCUT2D eigenvalue weighted by Gasteiger charge is -2.15. The van der Waals surface area contributed by atoms with Gasteiger partial charge in [-0.15, -0.1) is 0 Å². The van der Waals surface area contributed by atoms with Crippen LogP contribution >= 0.6 is 11.6 Å². The summed E-state index contributed by atoms with van der Waals surface area (Å²) in [5.74, 6) is -1.76. The molecule has 140 valence electrons. The van der Waals surface area contributed by atoms with Gasteiger partial charge in [-0.25, -0.2) is 14.3 Å². The molecule has 0 radical (unpaired) electrons. The Bertz CT molecular complexity index is 1150. The van der Waals surface area contributed by atoms with Crippen molar-refractivity contribution in [3.63, 3.8) is 0 Å². The zero-order valence-electron chi connectivity index (χ0n) is 14.2. The number of benzene rings is 1. The molecule has 0 unspecified atom stereocenters. The summed E-state index contributed by atoms with van der Waals surface area (Å²) in [5.41, 5.74) is 4.31. The number of aldehydes is 1. The van der Waals surface area contributed by atoms with Gasteiger partial charge in [-0.3, -0.25) is 9.78 Å². The molecule has 1 aromatic carbocycles. The van der Waals surface area contributed by atoms with Gasteiger partial charge in [0.2, 0.25) is 0 Å². The van der Waals surface area contributed by atoms with E-state index in [0.29, 0.717) is 11.6 Å². The lowest BCUT2D eigenvalue weighted by Crippen LogP contribution is -2.22. The second kappa shape index (κ2) is 7.16. The molecule has 0 aliphatic carbocycles. The van der Waals surface area contributed by atoms with Crippen molar-refractivity contribution in [3.05, 3.63) is 65.0 Å². The lowest BCUT2D eigenvalue weighted by molar-refractivity contribution is -0.135. The molecule has 0 fully saturated rings. The largest absolute Gasteiger partial charge is 0.417 e. The first-order chi connectivity index (χ1) is 13.5. The van der Waals surface area contributed by atoms with Gasteiger partial charge in [0.15, 0.2) is 12.0 Å². The predicted octanol–water partition coefficient (Wildman–Crippen LogP) is 2.38. The molecule has 1 N–H and O–H groups in total. The quantitative estimate of drug-likeness (QED) is 0.410. The first kappa shape index (κ1) is 17.7. The monoisotopic (exact) mass is 397 g/mol. The van der Waals surface area contributed by atoms with Gasteiger partial charge >= 0.3 is 11.9 Å². The molecule has 1 aliphatic heterocycles. The second-order valence-corrected chi connectivity index (χ2v) is 6.29. The van der Waals surface area contributed by atoms with E-state index < -0.39 is 17.5 Å². The number of hydrogen-bond donors (Lipinski definition) is 1. The van der Waals surface area contributed by atoms with Crippen molar-refractivity contribution in [2.45, 2.75) is 6.54 Å². The average Bonchev–Trinajstić information content (AvgIpc) is 3.03. The van der Waals surface area contributed by atoms with E-state index in [1.807, 2.05) is 12.1 Å². The molecular formula is C19H12ClN3O5. The minimum absolute atomic E-state index is 0.0350. The summed E-state index contributed by atoms with van der Waals surface area (Å²) in [5, 5.41) is 1.49. The number of nitrogens with zero attached hydrogens (tertiary/aromatic N) is 2. The van der Waals surface area contributed by atoms with Crippen molar-refractivity contribution < 1.29 is 23.9 Å². The molecule has 3 aromatic rings. The van der Waals surface area contributed by atoms with E-state index in [4.69, 9.17) is 21.1 Å². The Balaban J connectivity index is 1.62. The summed E-state index contributed by atoms with van der Waals surface area (Å²) >= 11 is 6.01.